The zero-order chi connectivity index (χ0) is 19.8. The van der Waals surface area contributed by atoms with Crippen LogP contribution in [0.25, 0.3) is 10.9 Å². The van der Waals surface area contributed by atoms with Gasteiger partial charge < -0.3 is 10.1 Å². The van der Waals surface area contributed by atoms with Crippen LogP contribution in [0.2, 0.25) is 0 Å². The molecular formula is C21H24N4O3. The molecule has 0 atom stereocenters. The van der Waals surface area contributed by atoms with Crippen molar-refractivity contribution in [3.8, 4) is 5.75 Å². The Morgan fingerprint density at radius 3 is 2.68 bits per heavy atom. The largest absolute Gasteiger partial charge is 0.494 e. The molecule has 1 heterocycles. The van der Waals surface area contributed by atoms with E-state index >= 15 is 0 Å². The van der Waals surface area contributed by atoms with E-state index in [1.165, 1.54) is 36.9 Å². The molecule has 0 unspecified atom stereocenters. The van der Waals surface area contributed by atoms with Crippen molar-refractivity contribution in [1.29, 1.82) is 0 Å². The molecule has 7 nitrogen and oxygen atoms in total. The SMILES string of the molecule is CCCCCOc1ccc(CCNc2ncnc3ccc([N+](=O)[O-])cc23)cc1. The van der Waals surface area contributed by atoms with Crippen LogP contribution in [-0.4, -0.2) is 28.0 Å². The predicted octanol–water partition coefficient (Wildman–Crippen LogP) is 4.76. The first-order chi connectivity index (χ1) is 13.7. The molecule has 0 fully saturated rings. The van der Waals surface area contributed by atoms with Crippen molar-refractivity contribution < 1.29 is 9.66 Å². The van der Waals surface area contributed by atoms with Crippen LogP contribution in [-0.2, 0) is 6.42 Å². The molecule has 1 N–H and O–H groups in total. The number of nitro groups is 1. The molecule has 28 heavy (non-hydrogen) atoms. The van der Waals surface area contributed by atoms with Crippen LogP contribution in [0.15, 0.2) is 48.8 Å². The minimum Gasteiger partial charge on any atom is -0.494 e. The molecule has 0 amide bonds. The molecule has 0 aliphatic heterocycles. The van der Waals surface area contributed by atoms with Gasteiger partial charge in [0.1, 0.15) is 17.9 Å². The summed E-state index contributed by atoms with van der Waals surface area (Å²) in [6.07, 6.45) is 5.71. The number of benzene rings is 2. The summed E-state index contributed by atoms with van der Waals surface area (Å²) in [7, 11) is 0. The number of non-ortho nitro benzene ring substituents is 1. The van der Waals surface area contributed by atoms with E-state index in [9.17, 15) is 10.1 Å². The van der Waals surface area contributed by atoms with Crippen molar-refractivity contribution in [1.82, 2.24) is 9.97 Å². The zero-order valence-corrected chi connectivity index (χ0v) is 15.9. The maximum Gasteiger partial charge on any atom is 0.270 e. The molecule has 0 bridgehead atoms. The van der Waals surface area contributed by atoms with Gasteiger partial charge in [0.25, 0.3) is 5.69 Å². The van der Waals surface area contributed by atoms with Crippen LogP contribution < -0.4 is 10.1 Å². The maximum atomic E-state index is 11.0. The molecular weight excluding hydrogens is 356 g/mol. The highest BCUT2D eigenvalue weighted by Crippen LogP contribution is 2.24. The van der Waals surface area contributed by atoms with Crippen molar-refractivity contribution in [3.05, 3.63) is 64.5 Å². The molecule has 3 rings (SSSR count). The van der Waals surface area contributed by atoms with E-state index in [1.54, 1.807) is 6.07 Å². The fourth-order valence-corrected chi connectivity index (χ4v) is 2.92. The number of nitrogens with zero attached hydrogens (tertiary/aromatic N) is 3. The summed E-state index contributed by atoms with van der Waals surface area (Å²) in [5, 5.41) is 14.9. The van der Waals surface area contributed by atoms with E-state index in [0.29, 0.717) is 23.3 Å². The molecule has 7 heteroatoms. The molecule has 0 saturated carbocycles. The highest BCUT2D eigenvalue weighted by Gasteiger charge is 2.10. The fourth-order valence-electron chi connectivity index (χ4n) is 2.92. The average Bonchev–Trinajstić information content (AvgIpc) is 2.72. The quantitative estimate of drug-likeness (QED) is 0.310. The topological polar surface area (TPSA) is 90.2 Å². The first-order valence-electron chi connectivity index (χ1n) is 9.52. The smallest absolute Gasteiger partial charge is 0.270 e. The van der Waals surface area contributed by atoms with E-state index in [0.717, 1.165) is 25.2 Å². The Labute approximate surface area is 163 Å². The second-order valence-electron chi connectivity index (χ2n) is 6.56. The molecule has 0 aliphatic carbocycles. The molecule has 0 radical (unpaired) electrons. The normalized spacial score (nSPS) is 10.8. The van der Waals surface area contributed by atoms with E-state index in [1.807, 2.05) is 12.1 Å². The Hall–Kier alpha value is -3.22. The van der Waals surface area contributed by atoms with Gasteiger partial charge in [-0.05, 0) is 36.6 Å². The average molecular weight is 380 g/mol. The Bertz CT molecular complexity index is 929. The number of nitro benzene ring substituents is 1. The molecule has 0 aliphatic rings. The standard InChI is InChI=1S/C21H24N4O3/c1-2-3-4-13-28-18-8-5-16(6-9-18)11-12-22-21-19-14-17(25(26)27)7-10-20(19)23-15-24-21/h5-10,14-15H,2-4,11-13H2,1H3,(H,22,23,24). The first-order valence-corrected chi connectivity index (χ1v) is 9.52. The summed E-state index contributed by atoms with van der Waals surface area (Å²) in [6, 6.07) is 12.7. The zero-order valence-electron chi connectivity index (χ0n) is 15.9. The number of rotatable bonds is 10. The lowest BCUT2D eigenvalue weighted by molar-refractivity contribution is -0.384. The first kappa shape index (κ1) is 19.5. The number of unbranched alkanes of at least 4 members (excludes halogenated alkanes) is 2. The Kier molecular flexibility index (Phi) is 6.73. The third kappa shape index (κ3) is 5.16. The fraction of sp³-hybridized carbons (Fsp3) is 0.333. The van der Waals surface area contributed by atoms with Gasteiger partial charge in [-0.3, -0.25) is 10.1 Å². The Balaban J connectivity index is 1.57. The van der Waals surface area contributed by atoms with Crippen LogP contribution in [0.3, 0.4) is 0 Å². The third-order valence-corrected chi connectivity index (χ3v) is 4.48. The van der Waals surface area contributed by atoms with Gasteiger partial charge >= 0.3 is 0 Å². The monoisotopic (exact) mass is 380 g/mol. The van der Waals surface area contributed by atoms with Gasteiger partial charge in [-0.1, -0.05) is 31.9 Å². The number of hydrogen-bond donors (Lipinski definition) is 1. The summed E-state index contributed by atoms with van der Waals surface area (Å²) >= 11 is 0. The van der Waals surface area contributed by atoms with Crippen molar-refractivity contribution in [2.45, 2.75) is 32.6 Å². The lowest BCUT2D eigenvalue weighted by Crippen LogP contribution is -2.07. The molecule has 0 spiro atoms. The van der Waals surface area contributed by atoms with E-state index in [4.69, 9.17) is 4.74 Å². The predicted molar refractivity (Wildman–Crippen MR) is 110 cm³/mol. The Morgan fingerprint density at radius 1 is 1.11 bits per heavy atom. The van der Waals surface area contributed by atoms with Gasteiger partial charge in [0, 0.05) is 24.1 Å². The number of nitrogens with one attached hydrogen (secondary N) is 1. The van der Waals surface area contributed by atoms with Gasteiger partial charge in [0.2, 0.25) is 0 Å². The summed E-state index contributed by atoms with van der Waals surface area (Å²) in [6.45, 7) is 3.58. The summed E-state index contributed by atoms with van der Waals surface area (Å²) in [5.41, 5.74) is 1.88. The molecule has 2 aromatic carbocycles. The highest BCUT2D eigenvalue weighted by molar-refractivity contribution is 5.90. The maximum absolute atomic E-state index is 11.0. The third-order valence-electron chi connectivity index (χ3n) is 4.48. The summed E-state index contributed by atoms with van der Waals surface area (Å²) in [5.74, 6) is 1.49. The lowest BCUT2D eigenvalue weighted by atomic mass is 10.1. The van der Waals surface area contributed by atoms with E-state index in [-0.39, 0.29) is 5.69 Å². The van der Waals surface area contributed by atoms with Gasteiger partial charge in [-0.25, -0.2) is 9.97 Å². The van der Waals surface area contributed by atoms with Crippen LogP contribution in [0, 0.1) is 10.1 Å². The highest BCUT2D eigenvalue weighted by atomic mass is 16.6. The summed E-state index contributed by atoms with van der Waals surface area (Å²) in [4.78, 5) is 19.0. The second kappa shape index (κ2) is 9.64. The molecule has 1 aromatic heterocycles. The number of hydrogen-bond acceptors (Lipinski definition) is 6. The van der Waals surface area contributed by atoms with Gasteiger partial charge in [0.05, 0.1) is 17.0 Å². The van der Waals surface area contributed by atoms with Gasteiger partial charge in [-0.2, -0.15) is 0 Å². The summed E-state index contributed by atoms with van der Waals surface area (Å²) < 4.78 is 5.73. The molecule has 146 valence electrons. The van der Waals surface area contributed by atoms with E-state index in [2.05, 4.69) is 34.3 Å². The van der Waals surface area contributed by atoms with Crippen LogP contribution in [0.1, 0.15) is 31.7 Å². The van der Waals surface area contributed by atoms with Crippen molar-refractivity contribution >= 4 is 22.4 Å². The minimum absolute atomic E-state index is 0.0277. The van der Waals surface area contributed by atoms with Gasteiger partial charge in [0.15, 0.2) is 0 Å². The molecule has 3 aromatic rings. The minimum atomic E-state index is -0.415. The van der Waals surface area contributed by atoms with E-state index < -0.39 is 4.92 Å². The second-order valence-corrected chi connectivity index (χ2v) is 6.56. The Morgan fingerprint density at radius 2 is 1.93 bits per heavy atom. The lowest BCUT2D eigenvalue weighted by Gasteiger charge is -2.09. The van der Waals surface area contributed by atoms with Crippen molar-refractivity contribution in [3.63, 3.8) is 0 Å². The molecule has 0 saturated heterocycles. The van der Waals surface area contributed by atoms with Gasteiger partial charge in [-0.15, -0.1) is 0 Å². The van der Waals surface area contributed by atoms with Crippen LogP contribution in [0.4, 0.5) is 11.5 Å². The van der Waals surface area contributed by atoms with Crippen LogP contribution >= 0.6 is 0 Å². The number of ether oxygens (including phenoxy) is 1. The number of anilines is 1. The van der Waals surface area contributed by atoms with Crippen molar-refractivity contribution in [2.24, 2.45) is 0 Å². The number of fused-ring (bicyclic) bond motifs is 1. The van der Waals surface area contributed by atoms with Crippen molar-refractivity contribution in [2.75, 3.05) is 18.5 Å². The van der Waals surface area contributed by atoms with Crippen LogP contribution in [0.5, 0.6) is 5.75 Å². The number of aromatic nitrogens is 2.